The van der Waals surface area contributed by atoms with Crippen LogP contribution in [0.1, 0.15) is 60.3 Å². The number of ether oxygens (including phenoxy) is 1. The lowest BCUT2D eigenvalue weighted by atomic mass is 9.92. The van der Waals surface area contributed by atoms with E-state index in [1.165, 1.54) is 0 Å². The topological polar surface area (TPSA) is 55.4 Å². The van der Waals surface area contributed by atoms with Gasteiger partial charge in [0, 0.05) is 25.0 Å². The highest BCUT2D eigenvalue weighted by Gasteiger charge is 2.22. The van der Waals surface area contributed by atoms with Crippen molar-refractivity contribution < 1.29 is 14.3 Å². The monoisotopic (exact) mass is 271 g/mol. The summed E-state index contributed by atoms with van der Waals surface area (Å²) in [6.45, 7) is 10.8. The number of rotatable bonds is 10. The number of carbonyl (C=O) groups is 2. The first-order valence-corrected chi connectivity index (χ1v) is 7.09. The molecule has 19 heavy (non-hydrogen) atoms. The Morgan fingerprint density at radius 3 is 2.42 bits per heavy atom. The molecule has 0 saturated carbocycles. The summed E-state index contributed by atoms with van der Waals surface area (Å²) in [4.78, 5) is 22.3. The van der Waals surface area contributed by atoms with Gasteiger partial charge in [0.05, 0.1) is 5.60 Å². The molecule has 0 heterocycles. The van der Waals surface area contributed by atoms with Crippen LogP contribution >= 0.6 is 0 Å². The molecule has 0 aromatic heterocycles. The average Bonchev–Trinajstić information content (AvgIpc) is 2.33. The van der Waals surface area contributed by atoms with E-state index in [0.717, 1.165) is 19.1 Å². The smallest absolute Gasteiger partial charge is 0.220 e. The maximum atomic E-state index is 11.5. The molecule has 0 bridgehead atoms. The summed E-state index contributed by atoms with van der Waals surface area (Å²) < 4.78 is 5.75. The van der Waals surface area contributed by atoms with Gasteiger partial charge in [0.2, 0.25) is 5.91 Å². The van der Waals surface area contributed by atoms with E-state index >= 15 is 0 Å². The number of hydrogen-bond donors (Lipinski definition) is 1. The van der Waals surface area contributed by atoms with E-state index in [1.807, 2.05) is 27.7 Å². The molecule has 0 aliphatic rings. The lowest BCUT2D eigenvalue weighted by Gasteiger charge is -2.27. The fourth-order valence-electron chi connectivity index (χ4n) is 1.44. The average molecular weight is 271 g/mol. The first-order valence-electron chi connectivity index (χ1n) is 7.09. The van der Waals surface area contributed by atoms with Gasteiger partial charge in [0.1, 0.15) is 6.29 Å². The van der Waals surface area contributed by atoms with E-state index in [0.29, 0.717) is 26.0 Å². The van der Waals surface area contributed by atoms with Crippen LogP contribution in [0.15, 0.2) is 0 Å². The molecule has 0 rings (SSSR count). The van der Waals surface area contributed by atoms with Gasteiger partial charge in [-0.1, -0.05) is 27.2 Å². The highest BCUT2D eigenvalue weighted by molar-refractivity contribution is 5.75. The summed E-state index contributed by atoms with van der Waals surface area (Å²) in [5.41, 5.74) is -0.749. The van der Waals surface area contributed by atoms with E-state index < -0.39 is 5.60 Å². The Bertz CT molecular complexity index is 285. The van der Waals surface area contributed by atoms with Crippen LogP contribution in [-0.4, -0.2) is 30.9 Å². The van der Waals surface area contributed by atoms with E-state index in [1.54, 1.807) is 0 Å². The Morgan fingerprint density at radius 2 is 1.89 bits per heavy atom. The molecule has 0 saturated heterocycles. The van der Waals surface area contributed by atoms with Crippen LogP contribution < -0.4 is 5.32 Å². The minimum Gasteiger partial charge on any atom is -0.374 e. The lowest BCUT2D eigenvalue weighted by molar-refractivity contribution is -0.123. The standard InChI is InChI=1S/C15H29NO3/c1-6-7-8-13(18)16-11-15(4,5)19-10-9-14(2,3)12-17/h12H,6-11H2,1-5H3,(H,16,18). The normalized spacial score (nSPS) is 12.3. The lowest BCUT2D eigenvalue weighted by Crippen LogP contribution is -2.41. The van der Waals surface area contributed by atoms with Crippen molar-refractivity contribution in [3.63, 3.8) is 0 Å². The zero-order chi connectivity index (χ0) is 14.9. The van der Waals surface area contributed by atoms with Gasteiger partial charge in [-0.05, 0) is 26.7 Å². The molecule has 0 aromatic rings. The third-order valence-corrected chi connectivity index (χ3v) is 3.03. The second-order valence-corrected chi connectivity index (χ2v) is 6.34. The molecule has 0 aliphatic heterocycles. The SMILES string of the molecule is CCCCC(=O)NCC(C)(C)OCCC(C)(C)C=O. The van der Waals surface area contributed by atoms with Crippen molar-refractivity contribution in [3.8, 4) is 0 Å². The minimum atomic E-state index is -0.402. The molecular weight excluding hydrogens is 242 g/mol. The maximum absolute atomic E-state index is 11.5. The van der Waals surface area contributed by atoms with Crippen LogP contribution in [0.25, 0.3) is 0 Å². The number of carbonyl (C=O) groups excluding carboxylic acids is 2. The number of amides is 1. The predicted molar refractivity (Wildman–Crippen MR) is 77.0 cm³/mol. The molecule has 1 N–H and O–H groups in total. The van der Waals surface area contributed by atoms with Gasteiger partial charge in [-0.2, -0.15) is 0 Å². The largest absolute Gasteiger partial charge is 0.374 e. The van der Waals surface area contributed by atoms with Gasteiger partial charge in [-0.3, -0.25) is 4.79 Å². The summed E-state index contributed by atoms with van der Waals surface area (Å²) >= 11 is 0. The third-order valence-electron chi connectivity index (χ3n) is 3.03. The van der Waals surface area contributed by atoms with Crippen molar-refractivity contribution in [1.29, 1.82) is 0 Å². The number of unbranched alkanes of at least 4 members (excludes halogenated alkanes) is 1. The Kier molecular flexibility index (Phi) is 7.91. The first kappa shape index (κ1) is 18.1. The maximum Gasteiger partial charge on any atom is 0.220 e. The van der Waals surface area contributed by atoms with E-state index in [4.69, 9.17) is 4.74 Å². The summed E-state index contributed by atoms with van der Waals surface area (Å²) in [5.74, 6) is 0.0757. The second-order valence-electron chi connectivity index (χ2n) is 6.34. The van der Waals surface area contributed by atoms with Crippen LogP contribution in [0.5, 0.6) is 0 Å². The van der Waals surface area contributed by atoms with Crippen LogP contribution in [0, 0.1) is 5.41 Å². The molecule has 4 heteroatoms. The summed E-state index contributed by atoms with van der Waals surface area (Å²) in [5, 5.41) is 2.89. The quantitative estimate of drug-likeness (QED) is 0.622. The van der Waals surface area contributed by atoms with Crippen LogP contribution in [0.4, 0.5) is 0 Å². The van der Waals surface area contributed by atoms with Crippen molar-refractivity contribution in [2.24, 2.45) is 5.41 Å². The van der Waals surface area contributed by atoms with E-state index in [-0.39, 0.29) is 11.3 Å². The van der Waals surface area contributed by atoms with Crippen molar-refractivity contribution in [3.05, 3.63) is 0 Å². The highest BCUT2D eigenvalue weighted by Crippen LogP contribution is 2.18. The van der Waals surface area contributed by atoms with Gasteiger partial charge < -0.3 is 14.8 Å². The van der Waals surface area contributed by atoms with Gasteiger partial charge >= 0.3 is 0 Å². The summed E-state index contributed by atoms with van der Waals surface area (Å²) in [7, 11) is 0. The minimum absolute atomic E-state index is 0.0757. The molecular formula is C15H29NO3. The molecule has 112 valence electrons. The van der Waals surface area contributed by atoms with Gasteiger partial charge in [-0.25, -0.2) is 0 Å². The zero-order valence-electron chi connectivity index (χ0n) is 13.0. The zero-order valence-corrected chi connectivity index (χ0v) is 13.0. The first-order chi connectivity index (χ1) is 8.72. The summed E-state index contributed by atoms with van der Waals surface area (Å²) in [6.07, 6.45) is 4.15. The molecule has 0 unspecified atom stereocenters. The van der Waals surface area contributed by atoms with E-state index in [9.17, 15) is 9.59 Å². The van der Waals surface area contributed by atoms with Crippen molar-refractivity contribution in [2.45, 2.75) is 65.9 Å². The predicted octanol–water partition coefficient (Wildman–Crippen LogP) is 2.70. The number of hydrogen-bond acceptors (Lipinski definition) is 3. The molecule has 0 spiro atoms. The van der Waals surface area contributed by atoms with Crippen molar-refractivity contribution in [1.82, 2.24) is 5.32 Å². The van der Waals surface area contributed by atoms with Gasteiger partial charge in [-0.15, -0.1) is 0 Å². The molecule has 0 aromatic carbocycles. The molecule has 0 atom stereocenters. The molecule has 0 fully saturated rings. The van der Waals surface area contributed by atoms with Gasteiger partial charge in [0.25, 0.3) is 0 Å². The molecule has 1 amide bonds. The molecule has 0 aliphatic carbocycles. The molecule has 4 nitrogen and oxygen atoms in total. The fourth-order valence-corrected chi connectivity index (χ4v) is 1.44. The Labute approximate surface area is 117 Å². The van der Waals surface area contributed by atoms with Crippen molar-refractivity contribution in [2.75, 3.05) is 13.2 Å². The number of aldehydes is 1. The Morgan fingerprint density at radius 1 is 1.26 bits per heavy atom. The third kappa shape index (κ3) is 9.65. The van der Waals surface area contributed by atoms with Crippen LogP contribution in [0.2, 0.25) is 0 Å². The Hall–Kier alpha value is -0.900. The van der Waals surface area contributed by atoms with Gasteiger partial charge in [0.15, 0.2) is 0 Å². The summed E-state index contributed by atoms with van der Waals surface area (Å²) in [6, 6.07) is 0. The highest BCUT2D eigenvalue weighted by atomic mass is 16.5. The second kappa shape index (κ2) is 8.31. The van der Waals surface area contributed by atoms with Crippen LogP contribution in [-0.2, 0) is 14.3 Å². The van der Waals surface area contributed by atoms with Crippen molar-refractivity contribution >= 4 is 12.2 Å². The molecule has 0 radical (unpaired) electrons. The van der Waals surface area contributed by atoms with E-state index in [2.05, 4.69) is 12.2 Å². The Balaban J connectivity index is 3.92. The van der Waals surface area contributed by atoms with Crippen LogP contribution in [0.3, 0.4) is 0 Å². The fraction of sp³-hybridized carbons (Fsp3) is 0.867. The number of nitrogens with one attached hydrogen (secondary N) is 1.